The molecule has 0 unspecified atom stereocenters. The molecule has 1 aromatic heterocycles. The maximum Gasteiger partial charge on any atom is 0.349 e. The van der Waals surface area contributed by atoms with Crippen molar-refractivity contribution < 1.29 is 9.90 Å². The predicted octanol–water partition coefficient (Wildman–Crippen LogP) is 1.10. The molecule has 4 nitrogen and oxygen atoms in total. The number of hydrogen-bond donors (Lipinski definition) is 1. The molecule has 0 spiro atoms. The molecule has 11 heavy (non-hydrogen) atoms. The van der Waals surface area contributed by atoms with Gasteiger partial charge in [-0.15, -0.1) is 5.10 Å². The predicted molar refractivity (Wildman–Crippen MR) is 44.1 cm³/mol. The second-order valence-corrected chi connectivity index (χ2v) is 3.41. The monoisotopic (exact) mass is 190 g/mol. The molecule has 1 rings (SSSR count). The average Bonchev–Trinajstić information content (AvgIpc) is 2.36. The van der Waals surface area contributed by atoms with Crippen LogP contribution in [0.2, 0.25) is 0 Å². The average molecular weight is 190 g/mol. The maximum absolute atomic E-state index is 10.5. The fourth-order valence-corrected chi connectivity index (χ4v) is 1.69. The molecular weight excluding hydrogens is 184 g/mol. The van der Waals surface area contributed by atoms with Crippen molar-refractivity contribution in [1.82, 2.24) is 9.59 Å². The van der Waals surface area contributed by atoms with Gasteiger partial charge >= 0.3 is 5.97 Å². The van der Waals surface area contributed by atoms with Crippen LogP contribution >= 0.6 is 23.3 Å². The van der Waals surface area contributed by atoms with E-state index >= 15 is 0 Å². The van der Waals surface area contributed by atoms with Crippen molar-refractivity contribution in [3.05, 3.63) is 10.6 Å². The van der Waals surface area contributed by atoms with E-state index in [1.807, 2.05) is 6.26 Å². The SMILES string of the molecule is CSCc1nnsc1C(=O)O. The van der Waals surface area contributed by atoms with Gasteiger partial charge < -0.3 is 5.11 Å². The third-order valence-corrected chi connectivity index (χ3v) is 2.35. The van der Waals surface area contributed by atoms with E-state index in [0.29, 0.717) is 11.4 Å². The van der Waals surface area contributed by atoms with E-state index in [1.165, 1.54) is 11.8 Å². The zero-order valence-electron chi connectivity index (χ0n) is 5.77. The van der Waals surface area contributed by atoms with Crippen molar-refractivity contribution >= 4 is 29.3 Å². The molecule has 0 atom stereocenters. The summed E-state index contributed by atoms with van der Waals surface area (Å²) < 4.78 is 3.56. The molecule has 0 bridgehead atoms. The summed E-state index contributed by atoms with van der Waals surface area (Å²) >= 11 is 2.46. The molecule has 1 heterocycles. The fraction of sp³-hybridized carbons (Fsp3) is 0.400. The number of rotatable bonds is 3. The minimum atomic E-state index is -0.941. The van der Waals surface area contributed by atoms with Gasteiger partial charge in [0.1, 0.15) is 5.69 Å². The molecule has 60 valence electrons. The summed E-state index contributed by atoms with van der Waals surface area (Å²) in [5, 5.41) is 12.3. The van der Waals surface area contributed by atoms with Gasteiger partial charge in [-0.25, -0.2) is 4.79 Å². The van der Waals surface area contributed by atoms with Crippen LogP contribution < -0.4 is 0 Å². The Morgan fingerprint density at radius 3 is 3.09 bits per heavy atom. The second kappa shape index (κ2) is 3.68. The van der Waals surface area contributed by atoms with Crippen molar-refractivity contribution in [3.63, 3.8) is 0 Å². The molecule has 1 N–H and O–H groups in total. The molecule has 6 heteroatoms. The van der Waals surface area contributed by atoms with E-state index < -0.39 is 5.97 Å². The van der Waals surface area contributed by atoms with E-state index in [9.17, 15) is 4.79 Å². The first kappa shape index (κ1) is 8.48. The topological polar surface area (TPSA) is 63.1 Å². The molecule has 1 aromatic rings. The van der Waals surface area contributed by atoms with Crippen LogP contribution in [0.15, 0.2) is 0 Å². The second-order valence-electron chi connectivity index (χ2n) is 1.79. The first-order valence-electron chi connectivity index (χ1n) is 2.79. The van der Waals surface area contributed by atoms with Gasteiger partial charge in [0.15, 0.2) is 4.88 Å². The Hall–Kier alpha value is -0.620. The molecule has 0 fully saturated rings. The largest absolute Gasteiger partial charge is 0.477 e. The van der Waals surface area contributed by atoms with Crippen LogP contribution in [0.1, 0.15) is 15.4 Å². The van der Waals surface area contributed by atoms with Crippen LogP contribution in [0.4, 0.5) is 0 Å². The number of thioether (sulfide) groups is 1. The highest BCUT2D eigenvalue weighted by Crippen LogP contribution is 2.14. The lowest BCUT2D eigenvalue weighted by atomic mass is 10.4. The van der Waals surface area contributed by atoms with Crippen LogP contribution in [0.5, 0.6) is 0 Å². The van der Waals surface area contributed by atoms with Crippen molar-refractivity contribution in [2.24, 2.45) is 0 Å². The molecule has 0 aliphatic rings. The fourth-order valence-electron chi connectivity index (χ4n) is 0.602. The van der Waals surface area contributed by atoms with E-state index in [0.717, 1.165) is 11.5 Å². The van der Waals surface area contributed by atoms with Crippen LogP contribution in [0.25, 0.3) is 0 Å². The van der Waals surface area contributed by atoms with Crippen molar-refractivity contribution in [1.29, 1.82) is 0 Å². The highest BCUT2D eigenvalue weighted by atomic mass is 32.2. The van der Waals surface area contributed by atoms with Crippen LogP contribution in [0, 0.1) is 0 Å². The highest BCUT2D eigenvalue weighted by Gasteiger charge is 2.13. The Morgan fingerprint density at radius 2 is 2.55 bits per heavy atom. The summed E-state index contributed by atoms with van der Waals surface area (Å²) in [4.78, 5) is 10.7. The zero-order chi connectivity index (χ0) is 8.27. The van der Waals surface area contributed by atoms with Gasteiger partial charge in [-0.05, 0) is 17.8 Å². The summed E-state index contributed by atoms with van der Waals surface area (Å²) in [5.41, 5.74) is 0.565. The molecule has 0 saturated carbocycles. The van der Waals surface area contributed by atoms with Gasteiger partial charge in [-0.1, -0.05) is 4.49 Å². The minimum absolute atomic E-state index is 0.249. The summed E-state index contributed by atoms with van der Waals surface area (Å²) in [5.74, 6) is -0.331. The number of carbonyl (C=O) groups is 1. The summed E-state index contributed by atoms with van der Waals surface area (Å²) in [6.07, 6.45) is 1.89. The third-order valence-electron chi connectivity index (χ3n) is 1.03. The van der Waals surface area contributed by atoms with Gasteiger partial charge in [0.2, 0.25) is 0 Å². The number of aromatic carboxylic acids is 1. The quantitative estimate of drug-likeness (QED) is 0.773. The van der Waals surface area contributed by atoms with E-state index in [4.69, 9.17) is 5.11 Å². The molecule has 0 radical (unpaired) electrons. The van der Waals surface area contributed by atoms with Crippen molar-refractivity contribution in [2.45, 2.75) is 5.75 Å². The van der Waals surface area contributed by atoms with Crippen molar-refractivity contribution in [3.8, 4) is 0 Å². The minimum Gasteiger partial charge on any atom is -0.477 e. The lowest BCUT2D eigenvalue weighted by Crippen LogP contribution is -1.97. The Labute approximate surface area is 71.8 Å². The van der Waals surface area contributed by atoms with Crippen LogP contribution in [-0.2, 0) is 5.75 Å². The van der Waals surface area contributed by atoms with Gasteiger partial charge in [-0.3, -0.25) is 0 Å². The number of aromatic nitrogens is 2. The maximum atomic E-state index is 10.5. The molecule has 0 aliphatic carbocycles. The number of hydrogen-bond acceptors (Lipinski definition) is 5. The number of nitrogens with zero attached hydrogens (tertiary/aromatic N) is 2. The van der Waals surface area contributed by atoms with Gasteiger partial charge in [-0.2, -0.15) is 11.8 Å². The first-order valence-corrected chi connectivity index (χ1v) is 4.96. The van der Waals surface area contributed by atoms with Crippen molar-refractivity contribution in [2.75, 3.05) is 6.26 Å². The number of carboxylic acid groups (broad SMARTS) is 1. The molecule has 0 saturated heterocycles. The Bertz CT molecular complexity index is 261. The first-order chi connectivity index (χ1) is 5.25. The summed E-state index contributed by atoms with van der Waals surface area (Å²) in [6, 6.07) is 0. The van der Waals surface area contributed by atoms with Gasteiger partial charge in [0.05, 0.1) is 0 Å². The van der Waals surface area contributed by atoms with Crippen LogP contribution in [0.3, 0.4) is 0 Å². The van der Waals surface area contributed by atoms with Crippen LogP contribution in [-0.4, -0.2) is 26.9 Å². The Balaban J connectivity index is 2.87. The summed E-state index contributed by atoms with van der Waals surface area (Å²) in [6.45, 7) is 0. The smallest absolute Gasteiger partial charge is 0.349 e. The van der Waals surface area contributed by atoms with E-state index in [-0.39, 0.29) is 4.88 Å². The normalized spacial score (nSPS) is 9.91. The van der Waals surface area contributed by atoms with Gasteiger partial charge in [0.25, 0.3) is 0 Å². The lowest BCUT2D eigenvalue weighted by molar-refractivity contribution is 0.0701. The lowest BCUT2D eigenvalue weighted by Gasteiger charge is -1.90. The van der Waals surface area contributed by atoms with E-state index in [1.54, 1.807) is 0 Å². The van der Waals surface area contributed by atoms with E-state index in [2.05, 4.69) is 9.59 Å². The third kappa shape index (κ3) is 1.90. The Morgan fingerprint density at radius 1 is 1.82 bits per heavy atom. The summed E-state index contributed by atoms with van der Waals surface area (Å²) in [7, 11) is 0. The molecule has 0 aromatic carbocycles. The zero-order valence-corrected chi connectivity index (χ0v) is 7.41. The molecule has 0 aliphatic heterocycles. The van der Waals surface area contributed by atoms with Gasteiger partial charge in [0, 0.05) is 5.75 Å². The standard InChI is InChI=1S/C5H6N2O2S2/c1-10-2-3-4(5(8)9)11-7-6-3/h2H2,1H3,(H,8,9). The molecule has 0 amide bonds. The molecular formula is C5H6N2O2S2. The number of carboxylic acids is 1. The Kier molecular flexibility index (Phi) is 2.84. The highest BCUT2D eigenvalue weighted by molar-refractivity contribution is 7.97.